The number of carbonyl (C=O) groups is 1. The number of nitrogens with zero attached hydrogens (tertiary/aromatic N) is 2. The van der Waals surface area contributed by atoms with Crippen molar-refractivity contribution in [1.29, 1.82) is 0 Å². The van der Waals surface area contributed by atoms with Crippen molar-refractivity contribution >= 4 is 27.5 Å². The summed E-state index contributed by atoms with van der Waals surface area (Å²) in [6.07, 6.45) is 0. The molecule has 1 aromatic carbocycles. The average molecular weight is 323 g/mol. The first-order valence-corrected chi connectivity index (χ1v) is 5.96. The fourth-order valence-corrected chi connectivity index (χ4v) is 1.83. The molecule has 1 aromatic rings. The number of halogens is 3. The van der Waals surface area contributed by atoms with Gasteiger partial charge in [0, 0.05) is 25.0 Å². The molecule has 0 spiro atoms. The summed E-state index contributed by atoms with van der Waals surface area (Å²) >= 11 is 3.08. The first-order valence-electron chi connectivity index (χ1n) is 4.84. The van der Waals surface area contributed by atoms with Gasteiger partial charge in [-0.1, -0.05) is 15.9 Å². The molecular formula is C10H9BrF2N2O3. The van der Waals surface area contributed by atoms with E-state index >= 15 is 0 Å². The number of amides is 1. The van der Waals surface area contributed by atoms with Crippen molar-refractivity contribution in [3.05, 3.63) is 39.4 Å². The van der Waals surface area contributed by atoms with Crippen LogP contribution in [0.5, 0.6) is 0 Å². The maximum absolute atomic E-state index is 13.7. The van der Waals surface area contributed by atoms with Crippen molar-refractivity contribution in [3.8, 4) is 0 Å². The van der Waals surface area contributed by atoms with Crippen molar-refractivity contribution < 1.29 is 18.5 Å². The Morgan fingerprint density at radius 3 is 2.61 bits per heavy atom. The monoisotopic (exact) mass is 322 g/mol. The van der Waals surface area contributed by atoms with Gasteiger partial charge < -0.3 is 4.90 Å². The fraction of sp³-hybridized carbons (Fsp3) is 0.300. The van der Waals surface area contributed by atoms with Gasteiger partial charge >= 0.3 is 5.69 Å². The smallest absolute Gasteiger partial charge is 0.305 e. The number of hydrogen-bond acceptors (Lipinski definition) is 3. The summed E-state index contributed by atoms with van der Waals surface area (Å²) in [4.78, 5) is 22.3. The maximum atomic E-state index is 13.7. The lowest BCUT2D eigenvalue weighted by Crippen LogP contribution is -2.30. The van der Waals surface area contributed by atoms with Crippen molar-refractivity contribution in [2.45, 2.75) is 0 Å². The van der Waals surface area contributed by atoms with E-state index in [1.54, 1.807) is 0 Å². The molecule has 0 aliphatic heterocycles. The van der Waals surface area contributed by atoms with E-state index < -0.39 is 33.7 Å². The minimum Gasteiger partial charge on any atom is -0.341 e. The van der Waals surface area contributed by atoms with Gasteiger partial charge in [0.15, 0.2) is 0 Å². The van der Waals surface area contributed by atoms with E-state index in [0.29, 0.717) is 17.5 Å². The van der Waals surface area contributed by atoms with Crippen LogP contribution in [-0.4, -0.2) is 34.7 Å². The van der Waals surface area contributed by atoms with Crippen molar-refractivity contribution in [1.82, 2.24) is 4.90 Å². The summed E-state index contributed by atoms with van der Waals surface area (Å²) in [6, 6.07) is 1.39. The zero-order valence-electron chi connectivity index (χ0n) is 9.32. The molecular weight excluding hydrogens is 314 g/mol. The lowest BCUT2D eigenvalue weighted by Gasteiger charge is -2.16. The second-order valence-corrected chi connectivity index (χ2v) is 4.22. The molecule has 0 heterocycles. The van der Waals surface area contributed by atoms with Crippen LogP contribution in [0.2, 0.25) is 0 Å². The van der Waals surface area contributed by atoms with Gasteiger partial charge in [0.2, 0.25) is 5.82 Å². The average Bonchev–Trinajstić information content (AvgIpc) is 2.28. The van der Waals surface area contributed by atoms with Crippen LogP contribution >= 0.6 is 15.9 Å². The lowest BCUT2D eigenvalue weighted by atomic mass is 10.1. The summed E-state index contributed by atoms with van der Waals surface area (Å²) in [5.41, 5.74) is -1.83. The number of nitro groups is 1. The molecule has 8 heteroatoms. The Kier molecular flexibility index (Phi) is 4.71. The molecule has 0 atom stereocenters. The molecule has 0 aliphatic carbocycles. The van der Waals surface area contributed by atoms with Gasteiger partial charge in [0.1, 0.15) is 11.4 Å². The van der Waals surface area contributed by atoms with Crippen molar-refractivity contribution in [2.24, 2.45) is 0 Å². The van der Waals surface area contributed by atoms with E-state index in [1.807, 2.05) is 0 Å². The van der Waals surface area contributed by atoms with Gasteiger partial charge in [0.05, 0.1) is 4.92 Å². The second kappa shape index (κ2) is 5.85. The highest BCUT2D eigenvalue weighted by molar-refractivity contribution is 9.09. The number of benzene rings is 1. The minimum atomic E-state index is -1.45. The molecule has 0 aromatic heterocycles. The largest absolute Gasteiger partial charge is 0.341 e. The molecule has 0 fully saturated rings. The summed E-state index contributed by atoms with van der Waals surface area (Å²) in [5.74, 6) is -3.51. The van der Waals surface area contributed by atoms with Crippen LogP contribution in [0.3, 0.4) is 0 Å². The molecule has 0 aliphatic rings. The van der Waals surface area contributed by atoms with Gasteiger partial charge in [-0.05, 0) is 6.07 Å². The molecule has 0 unspecified atom stereocenters. The molecule has 18 heavy (non-hydrogen) atoms. The molecule has 0 radical (unpaired) electrons. The summed E-state index contributed by atoms with van der Waals surface area (Å²) < 4.78 is 27.1. The molecule has 0 saturated heterocycles. The molecule has 1 rings (SSSR count). The summed E-state index contributed by atoms with van der Waals surface area (Å²) in [6.45, 7) is 0.223. The summed E-state index contributed by atoms with van der Waals surface area (Å²) in [7, 11) is 1.35. The highest BCUT2D eigenvalue weighted by Crippen LogP contribution is 2.24. The highest BCUT2D eigenvalue weighted by Gasteiger charge is 2.27. The van der Waals surface area contributed by atoms with Crippen LogP contribution in [0.15, 0.2) is 12.1 Å². The van der Waals surface area contributed by atoms with Gasteiger partial charge in [-0.25, -0.2) is 4.39 Å². The van der Waals surface area contributed by atoms with Crippen LogP contribution in [0.4, 0.5) is 14.5 Å². The van der Waals surface area contributed by atoms with E-state index in [9.17, 15) is 23.7 Å². The normalized spacial score (nSPS) is 10.2. The molecule has 5 nitrogen and oxygen atoms in total. The Labute approximate surface area is 110 Å². The van der Waals surface area contributed by atoms with Crippen LogP contribution < -0.4 is 0 Å². The summed E-state index contributed by atoms with van der Waals surface area (Å²) in [5, 5.41) is 10.9. The minimum absolute atomic E-state index is 0.223. The maximum Gasteiger partial charge on any atom is 0.305 e. The van der Waals surface area contributed by atoms with Crippen molar-refractivity contribution in [2.75, 3.05) is 18.9 Å². The third-order valence-corrected chi connectivity index (χ3v) is 2.60. The lowest BCUT2D eigenvalue weighted by molar-refractivity contribution is -0.387. The molecule has 0 saturated carbocycles. The van der Waals surface area contributed by atoms with Gasteiger partial charge in [-0.3, -0.25) is 14.9 Å². The fourth-order valence-electron chi connectivity index (χ4n) is 1.30. The van der Waals surface area contributed by atoms with E-state index in [-0.39, 0.29) is 6.54 Å². The van der Waals surface area contributed by atoms with Gasteiger partial charge in [0.25, 0.3) is 5.91 Å². The number of carbonyl (C=O) groups excluding carboxylic acids is 1. The zero-order chi connectivity index (χ0) is 13.9. The second-order valence-electron chi connectivity index (χ2n) is 3.43. The first kappa shape index (κ1) is 14.5. The Balaban J connectivity index is 3.27. The van der Waals surface area contributed by atoms with Gasteiger partial charge in [-0.15, -0.1) is 0 Å². The van der Waals surface area contributed by atoms with Crippen LogP contribution in [0.25, 0.3) is 0 Å². The molecule has 98 valence electrons. The molecule has 1 amide bonds. The number of alkyl halides is 1. The Morgan fingerprint density at radius 1 is 1.50 bits per heavy atom. The predicted octanol–water partition coefficient (Wildman–Crippen LogP) is 2.34. The number of hydrogen-bond donors (Lipinski definition) is 0. The first-order chi connectivity index (χ1) is 8.40. The third kappa shape index (κ3) is 2.81. The van der Waals surface area contributed by atoms with E-state index in [4.69, 9.17) is 0 Å². The van der Waals surface area contributed by atoms with Crippen molar-refractivity contribution in [3.63, 3.8) is 0 Å². The van der Waals surface area contributed by atoms with E-state index in [1.165, 1.54) is 7.05 Å². The van der Waals surface area contributed by atoms with Gasteiger partial charge in [-0.2, -0.15) is 4.39 Å². The van der Waals surface area contributed by atoms with E-state index in [2.05, 4.69) is 15.9 Å². The van der Waals surface area contributed by atoms with Crippen LogP contribution in [-0.2, 0) is 0 Å². The van der Waals surface area contributed by atoms with Crippen LogP contribution in [0, 0.1) is 21.7 Å². The Bertz CT molecular complexity index is 496. The Hall–Kier alpha value is -1.57. The predicted molar refractivity (Wildman–Crippen MR) is 63.8 cm³/mol. The number of rotatable bonds is 4. The Morgan fingerprint density at radius 2 is 2.11 bits per heavy atom. The standard InChI is InChI=1S/C10H9BrF2N2O3/c1-14(5-4-11)10(16)8-6(12)2-3-7(9(8)13)15(17)18/h2-3H,4-5H2,1H3. The SMILES string of the molecule is CN(CCBr)C(=O)c1c(F)ccc([N+](=O)[O-])c1F. The third-order valence-electron chi connectivity index (χ3n) is 2.25. The van der Waals surface area contributed by atoms with E-state index in [0.717, 1.165) is 4.90 Å². The highest BCUT2D eigenvalue weighted by atomic mass is 79.9. The topological polar surface area (TPSA) is 63.5 Å². The molecule has 0 bridgehead atoms. The van der Waals surface area contributed by atoms with Crippen LogP contribution in [0.1, 0.15) is 10.4 Å². The zero-order valence-corrected chi connectivity index (χ0v) is 10.9. The molecule has 0 N–H and O–H groups in total. The quantitative estimate of drug-likeness (QED) is 0.485. The number of nitro benzene ring substituents is 1.